The Morgan fingerprint density at radius 1 is 0.872 bits per heavy atom. The van der Waals surface area contributed by atoms with Crippen LogP contribution in [0.5, 0.6) is 0 Å². The molecule has 256 valence electrons. The van der Waals surface area contributed by atoms with Crippen LogP contribution in [0.2, 0.25) is 0 Å². The molecule has 19 heteroatoms. The summed E-state index contributed by atoms with van der Waals surface area (Å²) < 4.78 is 175. The molecule has 0 aliphatic carbocycles. The quantitative estimate of drug-likeness (QED) is 0.288. The Kier molecular flexibility index (Phi) is 9.46. The third kappa shape index (κ3) is 8.23. The number of carbonyl (C=O) groups is 1. The van der Waals surface area contributed by atoms with Gasteiger partial charge in [-0.05, 0) is 54.4 Å². The summed E-state index contributed by atoms with van der Waals surface area (Å²) in [6, 6.07) is -1.59. The zero-order valence-electron chi connectivity index (χ0n) is 23.9. The van der Waals surface area contributed by atoms with E-state index in [1.807, 2.05) is 0 Å². The number of rotatable bonds is 5. The molecular weight excluding hydrogens is 669 g/mol. The van der Waals surface area contributed by atoms with Crippen molar-refractivity contribution in [2.24, 2.45) is 0 Å². The summed E-state index contributed by atoms with van der Waals surface area (Å²) in [5, 5.41) is 1.50. The molecule has 0 unspecified atom stereocenters. The van der Waals surface area contributed by atoms with Crippen LogP contribution in [0.4, 0.5) is 63.0 Å². The largest absolute Gasteiger partial charge is 0.416 e. The number of aryl methyl sites for hydroxylation is 1. The molecule has 4 rings (SSSR count). The molecule has 0 saturated carbocycles. The first-order valence-corrected chi connectivity index (χ1v) is 13.3. The lowest BCUT2D eigenvalue weighted by Crippen LogP contribution is -2.65. The van der Waals surface area contributed by atoms with Crippen molar-refractivity contribution in [2.45, 2.75) is 50.3 Å². The Bertz CT molecular complexity index is 1580. The number of aromatic nitrogens is 2. The molecule has 6 nitrogen and oxygen atoms in total. The second-order valence-corrected chi connectivity index (χ2v) is 10.7. The third-order valence-corrected chi connectivity index (χ3v) is 7.15. The van der Waals surface area contributed by atoms with Crippen LogP contribution in [0.1, 0.15) is 32.6 Å². The predicted molar refractivity (Wildman–Crippen MR) is 139 cm³/mol. The van der Waals surface area contributed by atoms with Gasteiger partial charge >= 0.3 is 24.7 Å². The summed E-state index contributed by atoms with van der Waals surface area (Å²) in [5.41, 5.74) is -4.62. The van der Waals surface area contributed by atoms with E-state index in [4.69, 9.17) is 0 Å². The summed E-state index contributed by atoms with van der Waals surface area (Å²) in [5.74, 6) is -2.51. The van der Waals surface area contributed by atoms with Crippen LogP contribution in [0, 0.1) is 12.7 Å². The number of anilines is 1. The monoisotopic (exact) mass is 691 g/mol. The van der Waals surface area contributed by atoms with Gasteiger partial charge in [-0.25, -0.2) is 14.4 Å². The highest BCUT2D eigenvalue weighted by atomic mass is 19.4. The van der Waals surface area contributed by atoms with Crippen LogP contribution in [-0.2, 0) is 18.9 Å². The number of hydrogen-bond donors (Lipinski definition) is 1. The first kappa shape index (κ1) is 35.7. The van der Waals surface area contributed by atoms with Crippen molar-refractivity contribution in [3.8, 4) is 11.3 Å². The smallest absolute Gasteiger partial charge is 0.337 e. The summed E-state index contributed by atoms with van der Waals surface area (Å²) in [6.07, 6.45) is -19.8. The van der Waals surface area contributed by atoms with Crippen LogP contribution >= 0.6 is 0 Å². The second kappa shape index (κ2) is 12.5. The van der Waals surface area contributed by atoms with Crippen molar-refractivity contribution in [3.63, 3.8) is 0 Å². The zero-order valence-corrected chi connectivity index (χ0v) is 23.9. The molecule has 1 N–H and O–H groups in total. The number of nitrogens with one attached hydrogen (secondary N) is 1. The Morgan fingerprint density at radius 3 is 1.87 bits per heavy atom. The topological polar surface area (TPSA) is 61.4 Å². The lowest BCUT2D eigenvalue weighted by Gasteiger charge is -2.40. The van der Waals surface area contributed by atoms with Crippen molar-refractivity contribution >= 4 is 11.9 Å². The Morgan fingerprint density at radius 2 is 1.40 bits per heavy atom. The molecule has 3 aromatic rings. The SMILES string of the molecule is Cc1cc(F)ccc1-c1nc(N2C[C@@H](C(F)(F)F)N[C@@H](C(F)(F)F)C2)ncc1C(=O)N(C)Cc1cc(C(F)(F)F)cc(C(F)(F)F)c1. The van der Waals surface area contributed by atoms with E-state index in [9.17, 15) is 61.9 Å². The van der Waals surface area contributed by atoms with Gasteiger partial charge in [-0.2, -0.15) is 52.7 Å². The highest BCUT2D eigenvalue weighted by Gasteiger charge is 2.52. The number of hydrogen-bond acceptors (Lipinski definition) is 5. The number of halogens is 13. The summed E-state index contributed by atoms with van der Waals surface area (Å²) in [7, 11) is 1.02. The van der Waals surface area contributed by atoms with Crippen LogP contribution in [-0.4, -0.2) is 65.3 Å². The molecule has 2 aromatic carbocycles. The van der Waals surface area contributed by atoms with Crippen LogP contribution < -0.4 is 10.2 Å². The van der Waals surface area contributed by atoms with Crippen molar-refractivity contribution in [3.05, 3.63) is 76.2 Å². The van der Waals surface area contributed by atoms with Gasteiger partial charge < -0.3 is 9.80 Å². The highest BCUT2D eigenvalue weighted by Crippen LogP contribution is 2.37. The molecule has 0 spiro atoms. The number of carbonyl (C=O) groups excluding carboxylic acids is 1. The minimum absolute atomic E-state index is 0.0138. The first-order chi connectivity index (χ1) is 21.4. The van der Waals surface area contributed by atoms with Gasteiger partial charge in [0, 0.05) is 38.4 Å². The Balaban J connectivity index is 1.77. The number of nitrogens with zero attached hydrogens (tertiary/aromatic N) is 4. The van der Waals surface area contributed by atoms with Gasteiger partial charge in [0.1, 0.15) is 17.9 Å². The molecule has 2 atom stereocenters. The summed E-state index contributed by atoms with van der Waals surface area (Å²) in [4.78, 5) is 22.7. The van der Waals surface area contributed by atoms with Gasteiger partial charge in [0.25, 0.3) is 5.91 Å². The number of benzene rings is 2. The van der Waals surface area contributed by atoms with Gasteiger partial charge in [-0.1, -0.05) is 0 Å². The van der Waals surface area contributed by atoms with Gasteiger partial charge in [0.2, 0.25) is 5.95 Å². The lowest BCUT2D eigenvalue weighted by atomic mass is 10.0. The molecule has 0 bridgehead atoms. The number of amides is 1. The molecule has 1 amide bonds. The minimum Gasteiger partial charge on any atom is -0.337 e. The van der Waals surface area contributed by atoms with Crippen LogP contribution in [0.3, 0.4) is 0 Å². The summed E-state index contributed by atoms with van der Waals surface area (Å²) in [6.45, 7) is -1.60. The molecule has 0 radical (unpaired) electrons. The predicted octanol–water partition coefficient (Wildman–Crippen LogP) is 7.17. The van der Waals surface area contributed by atoms with E-state index in [0.717, 1.165) is 31.4 Å². The van der Waals surface area contributed by atoms with E-state index in [0.29, 0.717) is 21.9 Å². The molecule has 1 saturated heterocycles. The fourth-order valence-corrected chi connectivity index (χ4v) is 4.86. The van der Waals surface area contributed by atoms with E-state index >= 15 is 0 Å². The Labute approximate surface area is 257 Å². The van der Waals surface area contributed by atoms with E-state index in [-0.39, 0.29) is 17.2 Å². The molecular formula is C28H22F13N5O. The molecule has 1 aliphatic rings. The maximum absolute atomic E-state index is 13.9. The third-order valence-electron chi connectivity index (χ3n) is 7.15. The first-order valence-electron chi connectivity index (χ1n) is 13.3. The number of piperazine rings is 1. The van der Waals surface area contributed by atoms with Crippen molar-refractivity contribution in [1.29, 1.82) is 0 Å². The van der Waals surface area contributed by atoms with E-state index < -0.39 is 102 Å². The van der Waals surface area contributed by atoms with E-state index in [2.05, 4.69) is 9.97 Å². The molecule has 47 heavy (non-hydrogen) atoms. The Hall–Kier alpha value is -4.16. The van der Waals surface area contributed by atoms with Crippen LogP contribution in [0.25, 0.3) is 11.3 Å². The normalized spacial score (nSPS) is 18.0. The lowest BCUT2D eigenvalue weighted by molar-refractivity contribution is -0.190. The molecule has 1 fully saturated rings. The zero-order chi connectivity index (χ0) is 35.3. The van der Waals surface area contributed by atoms with Gasteiger partial charge in [0.15, 0.2) is 0 Å². The van der Waals surface area contributed by atoms with E-state index in [1.165, 1.54) is 12.2 Å². The average Bonchev–Trinajstić information content (AvgIpc) is 2.94. The standard InChI is InChI=1S/C28H22F13N5O/c1-13-5-17(29)3-4-18(13)22-19(9-42-24(44-22)46-11-20(27(36,37)38)43-21(12-46)28(39,40)41)23(47)45(2)10-14-6-15(25(30,31)32)8-16(7-14)26(33,34)35/h3-9,20-21,43H,10-12H2,1-2H3/t20-,21+. The van der Waals surface area contributed by atoms with E-state index in [1.54, 1.807) is 0 Å². The average molecular weight is 691 g/mol. The summed E-state index contributed by atoms with van der Waals surface area (Å²) >= 11 is 0. The fourth-order valence-electron chi connectivity index (χ4n) is 4.86. The van der Waals surface area contributed by atoms with Crippen molar-refractivity contribution < 1.29 is 61.9 Å². The maximum Gasteiger partial charge on any atom is 0.416 e. The molecule has 1 aliphatic heterocycles. The van der Waals surface area contributed by atoms with Crippen molar-refractivity contribution in [2.75, 3.05) is 25.0 Å². The maximum atomic E-state index is 13.9. The van der Waals surface area contributed by atoms with Crippen molar-refractivity contribution in [1.82, 2.24) is 20.2 Å². The van der Waals surface area contributed by atoms with Gasteiger partial charge in [0.05, 0.1) is 22.4 Å². The highest BCUT2D eigenvalue weighted by molar-refractivity contribution is 6.00. The minimum atomic E-state index is -5.17. The van der Waals surface area contributed by atoms with Gasteiger partial charge in [-0.3, -0.25) is 10.1 Å². The van der Waals surface area contributed by atoms with Crippen LogP contribution in [0.15, 0.2) is 42.6 Å². The second-order valence-electron chi connectivity index (χ2n) is 10.7. The number of alkyl halides is 12. The fraction of sp³-hybridized carbons (Fsp3) is 0.393. The van der Waals surface area contributed by atoms with Gasteiger partial charge in [-0.15, -0.1) is 0 Å². The molecule has 1 aromatic heterocycles. The molecule has 2 heterocycles.